The third-order valence-electron chi connectivity index (χ3n) is 3.70. The van der Waals surface area contributed by atoms with Crippen LogP contribution in [0, 0.1) is 12.3 Å². The summed E-state index contributed by atoms with van der Waals surface area (Å²) in [6.45, 7) is 4.87. The molecular weight excluding hydrogens is 262 g/mol. The van der Waals surface area contributed by atoms with Gasteiger partial charge in [0.1, 0.15) is 0 Å². The van der Waals surface area contributed by atoms with Crippen molar-refractivity contribution >= 4 is 28.8 Å². The summed E-state index contributed by atoms with van der Waals surface area (Å²) < 4.78 is 0. The summed E-state index contributed by atoms with van der Waals surface area (Å²) >= 11 is 1.41. The molecule has 1 fully saturated rings. The Balaban J connectivity index is 2.13. The van der Waals surface area contributed by atoms with E-state index in [4.69, 9.17) is 5.73 Å². The quantitative estimate of drug-likeness (QED) is 0.856. The molecule has 1 unspecified atom stereocenters. The van der Waals surface area contributed by atoms with E-state index >= 15 is 0 Å². The Bertz CT molecular complexity index is 506. The zero-order valence-electron chi connectivity index (χ0n) is 11.4. The molecule has 2 heterocycles. The van der Waals surface area contributed by atoms with Gasteiger partial charge in [0.15, 0.2) is 0 Å². The maximum Gasteiger partial charge on any atom is 0.264 e. The summed E-state index contributed by atoms with van der Waals surface area (Å²) in [5, 5.41) is 2.67. The number of carbonyl (C=O) groups excluding carboxylic acids is 2. The van der Waals surface area contributed by atoms with Crippen molar-refractivity contribution in [3.8, 4) is 0 Å². The highest BCUT2D eigenvalue weighted by molar-refractivity contribution is 7.14. The maximum absolute atomic E-state index is 12.4. The first-order chi connectivity index (χ1) is 8.87. The van der Waals surface area contributed by atoms with Crippen LogP contribution in [0.4, 0.5) is 5.69 Å². The van der Waals surface area contributed by atoms with Gasteiger partial charge in [-0.3, -0.25) is 9.59 Å². The average Bonchev–Trinajstić information content (AvgIpc) is 2.93. The van der Waals surface area contributed by atoms with Crippen molar-refractivity contribution < 1.29 is 9.59 Å². The number of hydrogen-bond donors (Lipinski definition) is 2. The number of likely N-dealkylation sites (tertiary alicyclic amines) is 1. The molecule has 104 valence electrons. The Hall–Kier alpha value is -1.56. The van der Waals surface area contributed by atoms with Gasteiger partial charge in [0, 0.05) is 30.7 Å². The number of carbonyl (C=O) groups is 2. The van der Waals surface area contributed by atoms with E-state index in [2.05, 4.69) is 5.32 Å². The SMILES string of the molecule is CNC(=O)C1(C)CCN(C(=O)c2cc(N)c(C)s2)C1. The van der Waals surface area contributed by atoms with Crippen LogP contribution in [0.25, 0.3) is 0 Å². The van der Waals surface area contributed by atoms with E-state index in [9.17, 15) is 9.59 Å². The molecule has 0 aliphatic carbocycles. The lowest BCUT2D eigenvalue weighted by atomic mass is 9.89. The molecule has 0 bridgehead atoms. The number of nitrogens with one attached hydrogen (secondary N) is 1. The van der Waals surface area contributed by atoms with E-state index in [0.717, 1.165) is 4.88 Å². The Labute approximate surface area is 116 Å². The second-order valence-electron chi connectivity index (χ2n) is 5.24. The van der Waals surface area contributed by atoms with Crippen molar-refractivity contribution in [1.29, 1.82) is 0 Å². The highest BCUT2D eigenvalue weighted by atomic mass is 32.1. The molecule has 1 aliphatic rings. The second kappa shape index (κ2) is 4.85. The minimum Gasteiger partial charge on any atom is -0.398 e. The van der Waals surface area contributed by atoms with Crippen LogP contribution in [-0.2, 0) is 4.79 Å². The number of aryl methyl sites for hydroxylation is 1. The van der Waals surface area contributed by atoms with Gasteiger partial charge >= 0.3 is 0 Å². The number of nitrogens with two attached hydrogens (primary N) is 1. The van der Waals surface area contributed by atoms with E-state index in [1.165, 1.54) is 11.3 Å². The fraction of sp³-hybridized carbons (Fsp3) is 0.538. The molecule has 3 N–H and O–H groups in total. The van der Waals surface area contributed by atoms with Gasteiger partial charge in [-0.05, 0) is 26.3 Å². The summed E-state index contributed by atoms with van der Waals surface area (Å²) in [6, 6.07) is 1.72. The van der Waals surface area contributed by atoms with Gasteiger partial charge in [0.05, 0.1) is 10.3 Å². The number of rotatable bonds is 2. The van der Waals surface area contributed by atoms with Crippen molar-refractivity contribution in [2.75, 3.05) is 25.9 Å². The molecule has 19 heavy (non-hydrogen) atoms. The molecule has 0 spiro atoms. The van der Waals surface area contributed by atoms with Gasteiger partial charge < -0.3 is 16.0 Å². The molecule has 1 aliphatic heterocycles. The average molecular weight is 281 g/mol. The fourth-order valence-electron chi connectivity index (χ4n) is 2.38. The number of thiophene rings is 1. The van der Waals surface area contributed by atoms with Crippen molar-refractivity contribution in [3.63, 3.8) is 0 Å². The molecule has 0 saturated carbocycles. The Morgan fingerprint density at radius 1 is 1.53 bits per heavy atom. The van der Waals surface area contributed by atoms with E-state index in [-0.39, 0.29) is 11.8 Å². The molecule has 0 aromatic carbocycles. The molecule has 2 rings (SSSR count). The van der Waals surface area contributed by atoms with Crippen LogP contribution in [0.3, 0.4) is 0 Å². The zero-order valence-corrected chi connectivity index (χ0v) is 12.3. The number of hydrogen-bond acceptors (Lipinski definition) is 4. The first-order valence-electron chi connectivity index (χ1n) is 6.25. The van der Waals surface area contributed by atoms with E-state index < -0.39 is 5.41 Å². The minimum absolute atomic E-state index is 0.00956. The number of nitrogen functional groups attached to an aromatic ring is 1. The standard InChI is InChI=1S/C13H19N3O2S/c1-8-9(14)6-10(19-8)11(17)16-5-4-13(2,7-16)12(18)15-3/h6H,4-5,7,14H2,1-3H3,(H,15,18). The van der Waals surface area contributed by atoms with Gasteiger partial charge in [-0.15, -0.1) is 11.3 Å². The van der Waals surface area contributed by atoms with Crippen LogP contribution in [0.2, 0.25) is 0 Å². The molecular formula is C13H19N3O2S. The highest BCUT2D eigenvalue weighted by Gasteiger charge is 2.41. The molecule has 1 saturated heterocycles. The van der Waals surface area contributed by atoms with Gasteiger partial charge in [-0.2, -0.15) is 0 Å². The van der Waals surface area contributed by atoms with E-state index in [1.54, 1.807) is 18.0 Å². The van der Waals surface area contributed by atoms with Crippen molar-refractivity contribution in [3.05, 3.63) is 15.8 Å². The van der Waals surface area contributed by atoms with Gasteiger partial charge in [-0.25, -0.2) is 0 Å². The zero-order chi connectivity index (χ0) is 14.2. The summed E-state index contributed by atoms with van der Waals surface area (Å²) in [4.78, 5) is 27.5. The fourth-order valence-corrected chi connectivity index (χ4v) is 3.29. The normalized spacial score (nSPS) is 22.6. The molecule has 1 atom stereocenters. The summed E-state index contributed by atoms with van der Waals surface area (Å²) in [5.41, 5.74) is 5.95. The summed E-state index contributed by atoms with van der Waals surface area (Å²) in [7, 11) is 1.63. The molecule has 2 amide bonds. The highest BCUT2D eigenvalue weighted by Crippen LogP contribution is 2.32. The van der Waals surface area contributed by atoms with Crippen LogP contribution in [-0.4, -0.2) is 36.9 Å². The lowest BCUT2D eigenvalue weighted by Crippen LogP contribution is -2.40. The van der Waals surface area contributed by atoms with Crippen LogP contribution >= 0.6 is 11.3 Å². The van der Waals surface area contributed by atoms with Crippen molar-refractivity contribution in [1.82, 2.24) is 10.2 Å². The second-order valence-corrected chi connectivity index (χ2v) is 6.49. The molecule has 5 nitrogen and oxygen atoms in total. The summed E-state index contributed by atoms with van der Waals surface area (Å²) in [5.74, 6) is -0.0397. The largest absolute Gasteiger partial charge is 0.398 e. The predicted octanol–water partition coefficient (Wildman–Crippen LogP) is 1.24. The minimum atomic E-state index is -0.484. The van der Waals surface area contributed by atoms with E-state index in [1.807, 2.05) is 13.8 Å². The first-order valence-corrected chi connectivity index (χ1v) is 7.06. The summed E-state index contributed by atoms with van der Waals surface area (Å²) in [6.07, 6.45) is 0.693. The molecule has 1 aromatic rings. The van der Waals surface area contributed by atoms with Crippen molar-refractivity contribution in [2.24, 2.45) is 5.41 Å². The van der Waals surface area contributed by atoms with Crippen LogP contribution < -0.4 is 11.1 Å². The smallest absolute Gasteiger partial charge is 0.264 e. The number of anilines is 1. The van der Waals surface area contributed by atoms with Gasteiger partial charge in [-0.1, -0.05) is 0 Å². The van der Waals surface area contributed by atoms with Crippen molar-refractivity contribution in [2.45, 2.75) is 20.3 Å². The monoisotopic (exact) mass is 281 g/mol. The first kappa shape index (κ1) is 13.9. The van der Waals surface area contributed by atoms with Crippen LogP contribution in [0.15, 0.2) is 6.07 Å². The predicted molar refractivity (Wildman–Crippen MR) is 76.2 cm³/mol. The van der Waals surface area contributed by atoms with Crippen LogP contribution in [0.1, 0.15) is 27.9 Å². The van der Waals surface area contributed by atoms with Crippen LogP contribution in [0.5, 0.6) is 0 Å². The Kier molecular flexibility index (Phi) is 3.54. The topological polar surface area (TPSA) is 75.4 Å². The Morgan fingerprint density at radius 2 is 2.21 bits per heavy atom. The number of amides is 2. The third-order valence-corrected chi connectivity index (χ3v) is 4.76. The van der Waals surface area contributed by atoms with Gasteiger partial charge in [0.2, 0.25) is 5.91 Å². The maximum atomic E-state index is 12.4. The molecule has 1 aromatic heterocycles. The molecule has 0 radical (unpaired) electrons. The lowest BCUT2D eigenvalue weighted by molar-refractivity contribution is -0.128. The Morgan fingerprint density at radius 3 is 2.74 bits per heavy atom. The number of nitrogens with zero attached hydrogens (tertiary/aromatic N) is 1. The third kappa shape index (κ3) is 2.45. The lowest BCUT2D eigenvalue weighted by Gasteiger charge is -2.22. The molecule has 6 heteroatoms. The van der Waals surface area contributed by atoms with E-state index in [0.29, 0.717) is 30.1 Å². The van der Waals surface area contributed by atoms with Gasteiger partial charge in [0.25, 0.3) is 5.91 Å².